The lowest BCUT2D eigenvalue weighted by atomic mass is 10.2. The number of nitrogens with zero attached hydrogens (tertiary/aromatic N) is 3. The van der Waals surface area contributed by atoms with Crippen LogP contribution in [0.1, 0.15) is 19.4 Å². The van der Waals surface area contributed by atoms with E-state index in [-0.39, 0.29) is 11.9 Å². The number of halogens is 1. The van der Waals surface area contributed by atoms with E-state index >= 15 is 0 Å². The van der Waals surface area contributed by atoms with Crippen LogP contribution in [0.2, 0.25) is 0 Å². The molecule has 134 valence electrons. The molecule has 3 rings (SSSR count). The molecule has 0 unspecified atom stereocenters. The van der Waals surface area contributed by atoms with Crippen LogP contribution < -0.4 is 4.74 Å². The third-order valence-electron chi connectivity index (χ3n) is 3.42. The third kappa shape index (κ3) is 4.20. The van der Waals surface area contributed by atoms with Gasteiger partial charge in [-0.2, -0.15) is 14.9 Å². The van der Waals surface area contributed by atoms with Gasteiger partial charge >= 0.3 is 0 Å². The Labute approximate surface area is 164 Å². The third-order valence-corrected chi connectivity index (χ3v) is 4.17. The van der Waals surface area contributed by atoms with Crippen molar-refractivity contribution in [2.24, 2.45) is 5.10 Å². The monoisotopic (exact) mass is 432 g/mol. The van der Waals surface area contributed by atoms with E-state index in [1.807, 2.05) is 38.1 Å². The molecule has 0 amide bonds. The Balaban J connectivity index is 1.98. The van der Waals surface area contributed by atoms with E-state index in [4.69, 9.17) is 17.0 Å². The number of H-pyrrole nitrogens is 1. The summed E-state index contributed by atoms with van der Waals surface area (Å²) in [4.78, 5) is 0. The first-order valence-electron chi connectivity index (χ1n) is 7.91. The molecule has 1 aromatic heterocycles. The lowest BCUT2D eigenvalue weighted by Crippen LogP contribution is -2.05. The summed E-state index contributed by atoms with van der Waals surface area (Å²) in [6.07, 6.45) is 1.60. The molecule has 0 saturated heterocycles. The Morgan fingerprint density at radius 3 is 2.88 bits per heavy atom. The van der Waals surface area contributed by atoms with Crippen LogP contribution in [-0.4, -0.2) is 32.3 Å². The van der Waals surface area contributed by atoms with E-state index in [1.54, 1.807) is 18.2 Å². The second kappa shape index (κ2) is 7.84. The Bertz CT molecular complexity index is 1010. The number of aromatic nitrogens is 3. The molecule has 0 spiro atoms. The van der Waals surface area contributed by atoms with Crippen LogP contribution in [0.25, 0.3) is 11.4 Å². The normalized spacial score (nSPS) is 11.4. The van der Waals surface area contributed by atoms with E-state index in [0.29, 0.717) is 16.2 Å². The Morgan fingerprint density at radius 2 is 2.12 bits per heavy atom. The van der Waals surface area contributed by atoms with Gasteiger partial charge in [0, 0.05) is 15.6 Å². The van der Waals surface area contributed by atoms with E-state index in [1.165, 1.54) is 10.9 Å². The fraction of sp³-hybridized carbons (Fsp3) is 0.167. The van der Waals surface area contributed by atoms with E-state index in [2.05, 4.69) is 31.2 Å². The topological polar surface area (TPSA) is 75.4 Å². The largest absolute Gasteiger partial charge is 0.507 e. The molecule has 0 aliphatic carbocycles. The summed E-state index contributed by atoms with van der Waals surface area (Å²) in [5.74, 6) is 1.42. The molecule has 0 aliphatic heterocycles. The molecule has 0 aliphatic rings. The number of aromatic hydroxyl groups is 1. The first kappa shape index (κ1) is 18.3. The minimum atomic E-state index is 0.0728. The highest BCUT2D eigenvalue weighted by Gasteiger charge is 2.10. The number of ether oxygens (including phenoxy) is 1. The maximum Gasteiger partial charge on any atom is 0.216 e. The number of phenolic OH excluding ortho intramolecular Hbond substituents is 1. The smallest absolute Gasteiger partial charge is 0.216 e. The number of aromatic amines is 1. The van der Waals surface area contributed by atoms with Crippen molar-refractivity contribution in [2.75, 3.05) is 0 Å². The van der Waals surface area contributed by atoms with Crippen molar-refractivity contribution in [1.29, 1.82) is 0 Å². The van der Waals surface area contributed by atoms with Gasteiger partial charge in [-0.05, 0) is 56.4 Å². The van der Waals surface area contributed by atoms with Crippen LogP contribution in [0.15, 0.2) is 52.0 Å². The molecule has 0 saturated carbocycles. The summed E-state index contributed by atoms with van der Waals surface area (Å²) < 4.78 is 8.42. The maximum atomic E-state index is 9.95. The molecule has 0 fully saturated rings. The highest BCUT2D eigenvalue weighted by Crippen LogP contribution is 2.24. The second-order valence-corrected chi connectivity index (χ2v) is 7.11. The molecule has 3 aromatic rings. The van der Waals surface area contributed by atoms with E-state index < -0.39 is 0 Å². The number of hydrogen-bond acceptors (Lipinski definition) is 5. The van der Waals surface area contributed by atoms with Crippen molar-refractivity contribution in [3.05, 3.63) is 57.3 Å². The van der Waals surface area contributed by atoms with Gasteiger partial charge in [0.15, 0.2) is 5.82 Å². The lowest BCUT2D eigenvalue weighted by Gasteiger charge is -2.10. The number of nitrogens with one attached hydrogen (secondary N) is 1. The molecule has 26 heavy (non-hydrogen) atoms. The van der Waals surface area contributed by atoms with Crippen molar-refractivity contribution >= 4 is 34.4 Å². The molecular weight excluding hydrogens is 416 g/mol. The van der Waals surface area contributed by atoms with Crippen LogP contribution in [0.3, 0.4) is 0 Å². The molecule has 8 heteroatoms. The number of benzene rings is 2. The molecule has 0 atom stereocenters. The molecule has 0 bridgehead atoms. The fourth-order valence-corrected chi connectivity index (χ4v) is 2.87. The zero-order valence-corrected chi connectivity index (χ0v) is 16.6. The van der Waals surface area contributed by atoms with Gasteiger partial charge in [0.05, 0.1) is 12.3 Å². The standard InChI is InChI=1S/C18H17BrN4O2S/c1-11(2)25-15-5-3-4-12(9-15)17-21-22-18(26)23(17)20-10-13-8-14(19)6-7-16(13)24/h3-11,24H,1-2H3,(H,22,26)/b20-10+. The zero-order valence-electron chi connectivity index (χ0n) is 14.2. The van der Waals surface area contributed by atoms with Crippen LogP contribution in [0.5, 0.6) is 11.5 Å². The highest BCUT2D eigenvalue weighted by atomic mass is 79.9. The van der Waals surface area contributed by atoms with Crippen LogP contribution >= 0.6 is 28.1 Å². The first-order valence-corrected chi connectivity index (χ1v) is 9.11. The number of hydrogen-bond donors (Lipinski definition) is 2. The van der Waals surface area contributed by atoms with Gasteiger partial charge in [-0.3, -0.25) is 0 Å². The second-order valence-electron chi connectivity index (χ2n) is 5.81. The fourth-order valence-electron chi connectivity index (χ4n) is 2.32. The van der Waals surface area contributed by atoms with Gasteiger partial charge in [0.1, 0.15) is 11.5 Å². The average molecular weight is 433 g/mol. The Hall–Kier alpha value is -2.45. The summed E-state index contributed by atoms with van der Waals surface area (Å²) in [5, 5.41) is 21.3. The predicted octanol–water partition coefficient (Wildman–Crippen LogP) is 4.75. The lowest BCUT2D eigenvalue weighted by molar-refractivity contribution is 0.242. The van der Waals surface area contributed by atoms with Crippen molar-refractivity contribution in [1.82, 2.24) is 14.9 Å². The van der Waals surface area contributed by atoms with Crippen LogP contribution in [-0.2, 0) is 0 Å². The SMILES string of the molecule is CC(C)Oc1cccc(-c2n[nH]c(=S)n2/N=C/c2cc(Br)ccc2O)c1. The molecule has 6 nitrogen and oxygen atoms in total. The predicted molar refractivity (Wildman–Crippen MR) is 107 cm³/mol. The first-order chi connectivity index (χ1) is 12.4. The summed E-state index contributed by atoms with van der Waals surface area (Å²) >= 11 is 8.65. The van der Waals surface area contributed by atoms with E-state index in [0.717, 1.165) is 15.8 Å². The van der Waals surface area contributed by atoms with Crippen LogP contribution in [0.4, 0.5) is 0 Å². The number of phenols is 1. The summed E-state index contributed by atoms with van der Waals surface area (Å²) in [6.45, 7) is 3.94. The van der Waals surface area contributed by atoms with Crippen molar-refractivity contribution in [3.8, 4) is 22.9 Å². The molecule has 2 N–H and O–H groups in total. The molecular formula is C18H17BrN4O2S. The quantitative estimate of drug-likeness (QED) is 0.450. The van der Waals surface area contributed by atoms with Gasteiger partial charge in [-0.1, -0.05) is 28.1 Å². The van der Waals surface area contributed by atoms with Crippen molar-refractivity contribution < 1.29 is 9.84 Å². The van der Waals surface area contributed by atoms with Crippen molar-refractivity contribution in [3.63, 3.8) is 0 Å². The Kier molecular flexibility index (Phi) is 5.53. The summed E-state index contributed by atoms with van der Waals surface area (Å²) in [6, 6.07) is 12.7. The minimum absolute atomic E-state index is 0.0728. The Morgan fingerprint density at radius 1 is 1.31 bits per heavy atom. The average Bonchev–Trinajstić information content (AvgIpc) is 2.96. The van der Waals surface area contributed by atoms with Gasteiger partial charge in [0.2, 0.25) is 4.77 Å². The summed E-state index contributed by atoms with van der Waals surface area (Å²) in [5.41, 5.74) is 1.37. The highest BCUT2D eigenvalue weighted by molar-refractivity contribution is 9.10. The summed E-state index contributed by atoms with van der Waals surface area (Å²) in [7, 11) is 0. The number of rotatable bonds is 5. The molecule has 1 heterocycles. The molecule has 2 aromatic carbocycles. The van der Waals surface area contributed by atoms with Gasteiger partial charge < -0.3 is 9.84 Å². The van der Waals surface area contributed by atoms with Crippen LogP contribution in [0, 0.1) is 4.77 Å². The molecule has 0 radical (unpaired) electrons. The zero-order chi connectivity index (χ0) is 18.7. The van der Waals surface area contributed by atoms with Crippen molar-refractivity contribution in [2.45, 2.75) is 20.0 Å². The maximum absolute atomic E-state index is 9.95. The minimum Gasteiger partial charge on any atom is -0.507 e. The van der Waals surface area contributed by atoms with E-state index in [9.17, 15) is 5.11 Å². The van der Waals surface area contributed by atoms with Gasteiger partial charge in [-0.15, -0.1) is 0 Å². The van der Waals surface area contributed by atoms with Gasteiger partial charge in [0.25, 0.3) is 0 Å². The van der Waals surface area contributed by atoms with Gasteiger partial charge in [-0.25, -0.2) is 5.10 Å².